The maximum absolute atomic E-state index is 13.0. The van der Waals surface area contributed by atoms with Crippen LogP contribution in [0.1, 0.15) is 22.3 Å². The van der Waals surface area contributed by atoms with Crippen LogP contribution in [0.5, 0.6) is 11.5 Å². The van der Waals surface area contributed by atoms with Gasteiger partial charge in [-0.15, -0.1) is 0 Å². The van der Waals surface area contributed by atoms with Crippen LogP contribution in [0.4, 0.5) is 0 Å². The normalized spacial score (nSPS) is 17.1. The fourth-order valence-electron chi connectivity index (χ4n) is 3.57. The van der Waals surface area contributed by atoms with Crippen molar-refractivity contribution >= 4 is 27.7 Å². The fraction of sp³-hybridized carbons (Fsp3) is 0.154. The lowest BCUT2D eigenvalue weighted by atomic mass is 10.1. The molecule has 0 bridgehead atoms. The van der Waals surface area contributed by atoms with E-state index in [9.17, 15) is 18.0 Å². The van der Waals surface area contributed by atoms with Gasteiger partial charge in [0, 0.05) is 11.6 Å². The summed E-state index contributed by atoms with van der Waals surface area (Å²) < 4.78 is 29.4. The number of amides is 2. The predicted octanol–water partition coefficient (Wildman–Crippen LogP) is 3.55. The number of hydrogen-bond acceptors (Lipinski definition) is 5. The second-order valence-corrected chi connectivity index (χ2v) is 10.2. The molecule has 1 unspecified atom stereocenters. The number of carbonyl (C=O) groups is 2. The number of para-hydroxylation sites is 1. The lowest BCUT2D eigenvalue weighted by Gasteiger charge is -2.15. The Labute approximate surface area is 198 Å². The Morgan fingerprint density at radius 1 is 0.882 bits per heavy atom. The van der Waals surface area contributed by atoms with Crippen LogP contribution in [0.25, 0.3) is 6.08 Å². The summed E-state index contributed by atoms with van der Waals surface area (Å²) in [5, 5.41) is 5.40. The molecule has 8 heteroatoms. The highest BCUT2D eigenvalue weighted by molar-refractivity contribution is 7.91. The number of benzene rings is 3. The molecule has 0 radical (unpaired) electrons. The summed E-state index contributed by atoms with van der Waals surface area (Å²) in [6, 6.07) is 24.4. The van der Waals surface area contributed by atoms with E-state index in [0.29, 0.717) is 29.0 Å². The molecule has 3 aromatic carbocycles. The van der Waals surface area contributed by atoms with Gasteiger partial charge in [-0.2, -0.15) is 0 Å². The number of ether oxygens (including phenoxy) is 1. The molecule has 3 aromatic rings. The Morgan fingerprint density at radius 3 is 2.24 bits per heavy atom. The third-order valence-electron chi connectivity index (χ3n) is 5.24. The second kappa shape index (κ2) is 10.4. The number of rotatable bonds is 7. The molecule has 1 atom stereocenters. The summed E-state index contributed by atoms with van der Waals surface area (Å²) in [4.78, 5) is 25.8. The maximum atomic E-state index is 13.0. The van der Waals surface area contributed by atoms with Crippen molar-refractivity contribution in [3.05, 3.63) is 102 Å². The van der Waals surface area contributed by atoms with E-state index in [4.69, 9.17) is 4.74 Å². The van der Waals surface area contributed by atoms with Gasteiger partial charge in [0.25, 0.3) is 11.8 Å². The van der Waals surface area contributed by atoms with Crippen molar-refractivity contribution in [2.45, 2.75) is 12.5 Å². The van der Waals surface area contributed by atoms with Crippen molar-refractivity contribution in [3.63, 3.8) is 0 Å². The number of carbonyl (C=O) groups excluding carboxylic acids is 2. The lowest BCUT2D eigenvalue weighted by molar-refractivity contribution is -0.118. The van der Waals surface area contributed by atoms with Crippen LogP contribution < -0.4 is 15.4 Å². The van der Waals surface area contributed by atoms with Crippen molar-refractivity contribution in [3.8, 4) is 11.5 Å². The lowest BCUT2D eigenvalue weighted by Crippen LogP contribution is -2.41. The average Bonchev–Trinajstić information content (AvgIpc) is 3.18. The Balaban J connectivity index is 1.58. The smallest absolute Gasteiger partial charge is 0.268 e. The molecular formula is C26H24N2O5S. The van der Waals surface area contributed by atoms with Gasteiger partial charge in [0.2, 0.25) is 0 Å². The van der Waals surface area contributed by atoms with Crippen molar-refractivity contribution < 1.29 is 22.7 Å². The minimum atomic E-state index is -3.17. The Hall–Kier alpha value is -3.91. The largest absolute Gasteiger partial charge is 0.457 e. The first-order valence-electron chi connectivity index (χ1n) is 10.8. The van der Waals surface area contributed by atoms with Gasteiger partial charge in [0.05, 0.1) is 11.5 Å². The van der Waals surface area contributed by atoms with Gasteiger partial charge in [-0.3, -0.25) is 9.59 Å². The van der Waals surface area contributed by atoms with E-state index in [2.05, 4.69) is 10.6 Å². The summed E-state index contributed by atoms with van der Waals surface area (Å²) >= 11 is 0. The van der Waals surface area contributed by atoms with Crippen LogP contribution >= 0.6 is 0 Å². The molecule has 7 nitrogen and oxygen atoms in total. The summed E-state index contributed by atoms with van der Waals surface area (Å²) in [6.45, 7) is 0. The van der Waals surface area contributed by atoms with Gasteiger partial charge in [-0.05, 0) is 54.5 Å². The van der Waals surface area contributed by atoms with Crippen LogP contribution in [-0.2, 0) is 14.6 Å². The number of hydrogen-bond donors (Lipinski definition) is 2. The Morgan fingerprint density at radius 2 is 1.56 bits per heavy atom. The van der Waals surface area contributed by atoms with E-state index in [1.165, 1.54) is 6.08 Å². The van der Waals surface area contributed by atoms with Gasteiger partial charge < -0.3 is 15.4 Å². The number of nitrogens with one attached hydrogen (secondary N) is 2. The van der Waals surface area contributed by atoms with Crippen molar-refractivity contribution in [1.29, 1.82) is 0 Å². The zero-order valence-electron chi connectivity index (χ0n) is 18.3. The first-order valence-corrected chi connectivity index (χ1v) is 12.6. The highest BCUT2D eigenvalue weighted by atomic mass is 32.2. The topological polar surface area (TPSA) is 102 Å². The van der Waals surface area contributed by atoms with E-state index in [0.717, 1.165) is 0 Å². The quantitative estimate of drug-likeness (QED) is 0.508. The molecule has 1 fully saturated rings. The van der Waals surface area contributed by atoms with Crippen molar-refractivity contribution in [2.24, 2.45) is 0 Å². The van der Waals surface area contributed by atoms with Gasteiger partial charge in [0.15, 0.2) is 9.84 Å². The highest BCUT2D eigenvalue weighted by Gasteiger charge is 2.30. The van der Waals surface area contributed by atoms with E-state index in [1.54, 1.807) is 54.6 Å². The highest BCUT2D eigenvalue weighted by Crippen LogP contribution is 2.23. The molecule has 0 aromatic heterocycles. The molecule has 1 aliphatic rings. The first kappa shape index (κ1) is 23.3. The zero-order chi connectivity index (χ0) is 24.0. The van der Waals surface area contributed by atoms with Gasteiger partial charge in [0.1, 0.15) is 17.2 Å². The number of sulfone groups is 1. The van der Waals surface area contributed by atoms with E-state index >= 15 is 0 Å². The van der Waals surface area contributed by atoms with Crippen LogP contribution in [0.15, 0.2) is 90.6 Å². The van der Waals surface area contributed by atoms with Crippen LogP contribution in [0.3, 0.4) is 0 Å². The molecule has 0 spiro atoms. The molecule has 1 aliphatic heterocycles. The summed E-state index contributed by atoms with van der Waals surface area (Å²) in [5.41, 5.74) is 1.03. The first-order chi connectivity index (χ1) is 16.4. The molecule has 34 heavy (non-hydrogen) atoms. The van der Waals surface area contributed by atoms with E-state index in [-0.39, 0.29) is 17.2 Å². The van der Waals surface area contributed by atoms with Gasteiger partial charge in [-0.25, -0.2) is 8.42 Å². The Bertz CT molecular complexity index is 1310. The van der Waals surface area contributed by atoms with Crippen LogP contribution in [-0.4, -0.2) is 37.8 Å². The SMILES string of the molecule is O=C(NC1CCS(=O)(=O)C1)/C(=C/c1cccc(Oc2ccccc2)c1)NC(=O)c1ccccc1. The molecule has 1 heterocycles. The zero-order valence-corrected chi connectivity index (χ0v) is 19.1. The Kier molecular flexibility index (Phi) is 7.08. The van der Waals surface area contributed by atoms with E-state index in [1.807, 2.05) is 30.3 Å². The van der Waals surface area contributed by atoms with Gasteiger partial charge in [-0.1, -0.05) is 48.5 Å². The summed E-state index contributed by atoms with van der Waals surface area (Å²) in [6.07, 6.45) is 1.88. The monoisotopic (exact) mass is 476 g/mol. The standard InChI is InChI=1S/C26H24N2O5S/c29-25(20-9-3-1-4-10-20)28-24(26(30)27-21-14-15-34(31,32)18-21)17-19-8-7-13-23(16-19)33-22-11-5-2-6-12-22/h1-13,16-17,21H,14-15,18H2,(H,27,30)(H,28,29)/b24-17-. The third kappa shape index (κ3) is 6.32. The van der Waals surface area contributed by atoms with Crippen molar-refractivity contribution in [2.75, 3.05) is 11.5 Å². The second-order valence-electron chi connectivity index (χ2n) is 7.94. The maximum Gasteiger partial charge on any atom is 0.268 e. The molecule has 4 rings (SSSR count). The van der Waals surface area contributed by atoms with Crippen LogP contribution in [0, 0.1) is 0 Å². The minimum absolute atomic E-state index is 0.00927. The minimum Gasteiger partial charge on any atom is -0.457 e. The molecule has 1 saturated heterocycles. The van der Waals surface area contributed by atoms with Gasteiger partial charge >= 0.3 is 0 Å². The molecular weight excluding hydrogens is 452 g/mol. The van der Waals surface area contributed by atoms with E-state index < -0.39 is 27.7 Å². The summed E-state index contributed by atoms with van der Waals surface area (Å²) in [7, 11) is -3.17. The third-order valence-corrected chi connectivity index (χ3v) is 7.01. The fourth-order valence-corrected chi connectivity index (χ4v) is 5.25. The average molecular weight is 477 g/mol. The summed E-state index contributed by atoms with van der Waals surface area (Å²) in [5.74, 6) is 0.154. The molecule has 0 saturated carbocycles. The van der Waals surface area contributed by atoms with Crippen LogP contribution in [0.2, 0.25) is 0 Å². The predicted molar refractivity (Wildman–Crippen MR) is 130 cm³/mol. The molecule has 174 valence electrons. The molecule has 0 aliphatic carbocycles. The van der Waals surface area contributed by atoms with Crippen molar-refractivity contribution in [1.82, 2.24) is 10.6 Å². The molecule has 2 N–H and O–H groups in total. The molecule has 2 amide bonds.